The molecule has 0 atom stereocenters. The molecule has 3 N–H and O–H groups in total. The van der Waals surface area contributed by atoms with Crippen LogP contribution in [0.1, 0.15) is 10.7 Å². The van der Waals surface area contributed by atoms with Gasteiger partial charge in [0.05, 0.1) is 11.5 Å². The molecule has 0 saturated carbocycles. The van der Waals surface area contributed by atoms with Gasteiger partial charge in [0.1, 0.15) is 5.01 Å². The first-order valence-corrected chi connectivity index (χ1v) is 8.10. The fourth-order valence-corrected chi connectivity index (χ4v) is 3.56. The van der Waals surface area contributed by atoms with E-state index in [0.29, 0.717) is 5.01 Å². The maximum absolute atomic E-state index is 12.2. The quantitative estimate of drug-likeness (QED) is 0.485. The number of benzene rings is 1. The largest absolute Gasteiger partial charge is 0.399 e. The first kappa shape index (κ1) is 15.4. The lowest BCUT2D eigenvalue weighted by Gasteiger charge is -2.06. The van der Waals surface area contributed by atoms with Crippen LogP contribution in [0.2, 0.25) is 0 Å². The van der Waals surface area contributed by atoms with Crippen molar-refractivity contribution in [2.45, 2.75) is 18.4 Å². The summed E-state index contributed by atoms with van der Waals surface area (Å²) in [6.07, 6.45) is 0. The van der Waals surface area contributed by atoms with Gasteiger partial charge in [0.2, 0.25) is 10.0 Å². The topological polar surface area (TPSA) is 128 Å². The number of aromatic nitrogens is 1. The number of anilines is 1. The van der Waals surface area contributed by atoms with Crippen LogP contribution in [0.4, 0.5) is 11.4 Å². The normalized spacial score (nSPS) is 11.5. The summed E-state index contributed by atoms with van der Waals surface area (Å²) in [6, 6.07) is 3.43. The van der Waals surface area contributed by atoms with E-state index in [9.17, 15) is 18.5 Å². The molecule has 0 aliphatic carbocycles. The molecule has 1 aromatic heterocycles. The Hall–Kier alpha value is -2.04. The molecule has 0 aliphatic rings. The van der Waals surface area contributed by atoms with E-state index in [4.69, 9.17) is 5.73 Å². The highest BCUT2D eigenvalue weighted by molar-refractivity contribution is 7.89. The zero-order valence-electron chi connectivity index (χ0n) is 10.9. The molecule has 0 amide bonds. The molecule has 2 rings (SSSR count). The van der Waals surface area contributed by atoms with E-state index in [2.05, 4.69) is 9.71 Å². The van der Waals surface area contributed by atoms with Gasteiger partial charge in [0.25, 0.3) is 5.69 Å². The van der Waals surface area contributed by atoms with Crippen LogP contribution in [0.25, 0.3) is 0 Å². The van der Waals surface area contributed by atoms with Crippen LogP contribution in [0.5, 0.6) is 0 Å². The summed E-state index contributed by atoms with van der Waals surface area (Å²) in [5.74, 6) is 0. The minimum absolute atomic E-state index is 0.0254. The van der Waals surface area contributed by atoms with Gasteiger partial charge in [0.15, 0.2) is 4.90 Å². The Bertz CT molecular complexity index is 785. The van der Waals surface area contributed by atoms with Gasteiger partial charge in [-0.1, -0.05) is 0 Å². The molecule has 2 aromatic rings. The van der Waals surface area contributed by atoms with Crippen LogP contribution in [0.3, 0.4) is 0 Å². The fraction of sp³-hybridized carbons (Fsp3) is 0.182. The van der Waals surface area contributed by atoms with Crippen LogP contribution < -0.4 is 10.5 Å². The first-order valence-electron chi connectivity index (χ1n) is 5.74. The molecule has 112 valence electrons. The standard InChI is InChI=1S/C11H12N4O4S2/c1-7-6-20-11(14-7)5-13-21(18,19)10-3-2-8(12)4-9(10)15(16)17/h2-4,6,13H,5,12H2,1H3. The second-order valence-corrected chi connectivity index (χ2v) is 6.87. The number of hydrogen-bond acceptors (Lipinski definition) is 7. The number of thiazole rings is 1. The number of aryl methyl sites for hydroxylation is 1. The Balaban J connectivity index is 2.29. The molecular formula is C11H12N4O4S2. The second kappa shape index (κ2) is 5.76. The Morgan fingerprint density at radius 3 is 2.76 bits per heavy atom. The SMILES string of the molecule is Cc1csc(CNS(=O)(=O)c2ccc(N)cc2[N+](=O)[O-])n1. The summed E-state index contributed by atoms with van der Waals surface area (Å²) < 4.78 is 26.6. The molecule has 0 radical (unpaired) electrons. The molecule has 21 heavy (non-hydrogen) atoms. The van der Waals surface area contributed by atoms with Crippen molar-refractivity contribution in [2.24, 2.45) is 0 Å². The number of nitro benzene ring substituents is 1. The van der Waals surface area contributed by atoms with Crippen molar-refractivity contribution in [3.05, 3.63) is 44.4 Å². The summed E-state index contributed by atoms with van der Waals surface area (Å²) in [5, 5.41) is 13.3. The van der Waals surface area contributed by atoms with E-state index < -0.39 is 25.5 Å². The summed E-state index contributed by atoms with van der Waals surface area (Å²) in [6.45, 7) is 1.77. The summed E-state index contributed by atoms with van der Waals surface area (Å²) >= 11 is 1.31. The molecule has 0 saturated heterocycles. The fourth-order valence-electron chi connectivity index (χ4n) is 1.62. The molecule has 0 fully saturated rings. The number of nitrogen functional groups attached to an aromatic ring is 1. The molecule has 0 aliphatic heterocycles. The highest BCUT2D eigenvalue weighted by Gasteiger charge is 2.25. The average molecular weight is 328 g/mol. The van der Waals surface area contributed by atoms with Crippen LogP contribution in [0.15, 0.2) is 28.5 Å². The third kappa shape index (κ3) is 3.54. The summed E-state index contributed by atoms with van der Waals surface area (Å²) in [5.41, 5.74) is 5.80. The van der Waals surface area contributed by atoms with Gasteiger partial charge < -0.3 is 5.73 Å². The van der Waals surface area contributed by atoms with Crippen molar-refractivity contribution >= 4 is 32.7 Å². The van der Waals surface area contributed by atoms with Crippen LogP contribution in [-0.4, -0.2) is 18.3 Å². The second-order valence-electron chi connectivity index (χ2n) is 4.19. The Morgan fingerprint density at radius 1 is 1.48 bits per heavy atom. The van der Waals surface area contributed by atoms with E-state index in [1.165, 1.54) is 17.4 Å². The van der Waals surface area contributed by atoms with Gasteiger partial charge in [-0.25, -0.2) is 18.1 Å². The Labute approximate surface area is 124 Å². The van der Waals surface area contributed by atoms with E-state index in [-0.39, 0.29) is 12.2 Å². The number of nitrogens with zero attached hydrogens (tertiary/aromatic N) is 2. The smallest absolute Gasteiger partial charge is 0.291 e. The molecule has 10 heteroatoms. The molecule has 1 heterocycles. The third-order valence-corrected chi connectivity index (χ3v) is 4.96. The van der Waals surface area contributed by atoms with Crippen LogP contribution in [0, 0.1) is 17.0 Å². The predicted octanol–water partition coefficient (Wildman–Crippen LogP) is 1.42. The van der Waals surface area contributed by atoms with Crippen molar-refractivity contribution in [1.82, 2.24) is 9.71 Å². The van der Waals surface area contributed by atoms with Gasteiger partial charge >= 0.3 is 0 Å². The third-order valence-electron chi connectivity index (χ3n) is 2.55. The molecule has 0 bridgehead atoms. The van der Waals surface area contributed by atoms with E-state index in [0.717, 1.165) is 17.8 Å². The minimum atomic E-state index is -4.02. The van der Waals surface area contributed by atoms with Gasteiger partial charge in [-0.2, -0.15) is 0 Å². The average Bonchev–Trinajstić information content (AvgIpc) is 2.82. The molecule has 0 unspecified atom stereocenters. The molecule has 0 spiro atoms. The lowest BCUT2D eigenvalue weighted by molar-refractivity contribution is -0.387. The molecule has 8 nitrogen and oxygen atoms in total. The maximum Gasteiger partial charge on any atom is 0.291 e. The van der Waals surface area contributed by atoms with E-state index in [1.54, 1.807) is 12.3 Å². The van der Waals surface area contributed by atoms with Crippen LogP contribution >= 0.6 is 11.3 Å². The number of hydrogen-bond donors (Lipinski definition) is 2. The van der Waals surface area contributed by atoms with Gasteiger partial charge in [-0.3, -0.25) is 10.1 Å². The van der Waals surface area contributed by atoms with E-state index in [1.807, 2.05) is 0 Å². The monoisotopic (exact) mass is 328 g/mol. The van der Waals surface area contributed by atoms with Crippen molar-refractivity contribution in [1.29, 1.82) is 0 Å². The predicted molar refractivity (Wildman–Crippen MR) is 78.4 cm³/mol. The number of nitrogens with two attached hydrogens (primary N) is 1. The number of sulfonamides is 1. The zero-order valence-corrected chi connectivity index (χ0v) is 12.6. The molecule has 1 aromatic carbocycles. The van der Waals surface area contributed by atoms with Gasteiger partial charge in [-0.05, 0) is 19.1 Å². The van der Waals surface area contributed by atoms with Crippen molar-refractivity contribution < 1.29 is 13.3 Å². The van der Waals surface area contributed by atoms with Crippen molar-refractivity contribution in [3.8, 4) is 0 Å². The Kier molecular flexibility index (Phi) is 4.21. The maximum atomic E-state index is 12.2. The summed E-state index contributed by atoms with van der Waals surface area (Å²) in [7, 11) is -4.02. The zero-order chi connectivity index (χ0) is 15.6. The number of rotatable bonds is 5. The highest BCUT2D eigenvalue weighted by atomic mass is 32.2. The van der Waals surface area contributed by atoms with Gasteiger partial charge in [-0.15, -0.1) is 11.3 Å². The molecular weight excluding hydrogens is 316 g/mol. The lowest BCUT2D eigenvalue weighted by atomic mass is 10.3. The lowest BCUT2D eigenvalue weighted by Crippen LogP contribution is -2.24. The number of nitrogens with one attached hydrogen (secondary N) is 1. The first-order chi connectivity index (χ1) is 9.79. The number of nitro groups is 1. The van der Waals surface area contributed by atoms with Crippen molar-refractivity contribution in [2.75, 3.05) is 5.73 Å². The summed E-state index contributed by atoms with van der Waals surface area (Å²) in [4.78, 5) is 13.9. The van der Waals surface area contributed by atoms with E-state index >= 15 is 0 Å². The highest BCUT2D eigenvalue weighted by Crippen LogP contribution is 2.26. The van der Waals surface area contributed by atoms with Crippen LogP contribution in [-0.2, 0) is 16.6 Å². The minimum Gasteiger partial charge on any atom is -0.399 e. The Morgan fingerprint density at radius 2 is 2.19 bits per heavy atom. The van der Waals surface area contributed by atoms with Gasteiger partial charge in [0, 0.05) is 22.8 Å². The van der Waals surface area contributed by atoms with Crippen molar-refractivity contribution in [3.63, 3.8) is 0 Å².